The molecule has 0 unspecified atom stereocenters. The Morgan fingerprint density at radius 3 is 0.255 bits per heavy atom. The molecule has 0 spiro atoms. The molecule has 0 bridgehead atoms. The number of aliphatic carboxylic acids is 4. The first-order valence-corrected chi connectivity index (χ1v) is 43.9. The Morgan fingerprint density at radius 1 is 0.133 bits per heavy atom. The molecular weight excluding hydrogens is 1270 g/mol. The zero-order valence-electron chi connectivity index (χ0n) is 67.2. The third-order valence-corrected chi connectivity index (χ3v) is 19.9. The number of carbonyl (C=O) groups excluding carboxylic acids is 4. The van der Waals surface area contributed by atoms with E-state index in [4.69, 9.17) is 0 Å². The third-order valence-electron chi connectivity index (χ3n) is 19.9. The Kier molecular flexibility index (Phi) is 118. The van der Waals surface area contributed by atoms with Crippen LogP contribution in [-0.2, 0) is 19.2 Å². The van der Waals surface area contributed by atoms with E-state index in [0.717, 1.165) is 51.4 Å². The second-order valence-electron chi connectivity index (χ2n) is 29.9. The van der Waals surface area contributed by atoms with Gasteiger partial charge in [0.2, 0.25) is 0 Å². The Hall–Kier alpha value is 0.399. The average molecular weight is 1440 g/mol. The first-order valence-electron chi connectivity index (χ1n) is 43.9. The maximum absolute atomic E-state index is 10.3. The Labute approximate surface area is 674 Å². The summed E-state index contributed by atoms with van der Waals surface area (Å²) in [5.74, 6) is -3.60. The number of carboxylic acids is 4. The second kappa shape index (κ2) is 106. The van der Waals surface area contributed by atoms with Crippen LogP contribution in [0.5, 0.6) is 0 Å². The van der Waals surface area contributed by atoms with Gasteiger partial charge in [-0.3, -0.25) is 0 Å². The van der Waals surface area contributed by atoms with Gasteiger partial charge in [0.05, 0.1) is 0 Å². The fourth-order valence-electron chi connectivity index (χ4n) is 13.4. The molecule has 8 nitrogen and oxygen atoms in total. The Morgan fingerprint density at radius 2 is 0.194 bits per heavy atom. The summed E-state index contributed by atoms with van der Waals surface area (Å²) in [4.78, 5) is 41.1. The molecule has 576 valence electrons. The molecule has 0 aromatic carbocycles. The van der Waals surface area contributed by atoms with Gasteiger partial charge in [0.1, 0.15) is 0 Å². The molecule has 0 atom stereocenters. The smallest absolute Gasteiger partial charge is 0.550 e. The first-order chi connectivity index (χ1) is 47.1. The molecule has 0 aromatic rings. The summed E-state index contributed by atoms with van der Waals surface area (Å²) < 4.78 is 0. The zero-order valence-corrected chi connectivity index (χ0v) is 71.7. The molecule has 0 aliphatic heterocycles. The normalized spacial score (nSPS) is 10.8. The van der Waals surface area contributed by atoms with Gasteiger partial charge in [-0.1, -0.05) is 490 Å². The predicted octanol–water partition coefficient (Wildman–Crippen LogP) is 25.5. The second-order valence-corrected chi connectivity index (χ2v) is 29.9. The molecule has 0 N–H and O–H groups in total. The largest absolute Gasteiger partial charge is 2.00 e. The third kappa shape index (κ3) is 123. The SMILES string of the molecule is CCCCCCCCCCCCCCCCCCCCCC(=O)[O-].CCCCCCCCCCCCCCCCCCCCCC(=O)[O-].CCCCCCCCCCCCCCCCCCCCCC(=O)[O-].CCCCCCCCCCCCCCCCCCCCCC(=O)[O-].[Ca+2].[Ca+2]. The van der Waals surface area contributed by atoms with E-state index >= 15 is 0 Å². The minimum absolute atomic E-state index is 0. The maximum atomic E-state index is 10.3. The summed E-state index contributed by atoms with van der Waals surface area (Å²) in [6, 6.07) is 0. The van der Waals surface area contributed by atoms with Crippen LogP contribution in [-0.4, -0.2) is 99.4 Å². The van der Waals surface area contributed by atoms with E-state index in [9.17, 15) is 39.6 Å². The monoisotopic (exact) mass is 1440 g/mol. The summed E-state index contributed by atoms with van der Waals surface area (Å²) in [5.41, 5.74) is 0. The average Bonchev–Trinajstić information content (AvgIpc) is 3.58. The van der Waals surface area contributed by atoms with Crippen molar-refractivity contribution in [1.82, 2.24) is 0 Å². The molecule has 10 heteroatoms. The van der Waals surface area contributed by atoms with E-state index in [1.807, 2.05) is 0 Å². The van der Waals surface area contributed by atoms with Gasteiger partial charge in [-0.2, -0.15) is 0 Å². The summed E-state index contributed by atoms with van der Waals surface area (Å²) in [5, 5.41) is 41.1. The van der Waals surface area contributed by atoms with Crippen molar-refractivity contribution >= 4 is 99.4 Å². The van der Waals surface area contributed by atoms with Crippen LogP contribution in [0.2, 0.25) is 0 Å². The fourth-order valence-corrected chi connectivity index (χ4v) is 13.4. The molecule has 0 amide bonds. The minimum atomic E-state index is -0.901. The number of carboxylic acid groups (broad SMARTS) is 4. The molecule has 0 saturated heterocycles. The molecule has 0 aliphatic carbocycles. The number of hydrogen-bond acceptors (Lipinski definition) is 8. The van der Waals surface area contributed by atoms with Gasteiger partial charge in [-0.05, 0) is 51.4 Å². The van der Waals surface area contributed by atoms with Gasteiger partial charge in [-0.15, -0.1) is 0 Å². The number of hydrogen-bond donors (Lipinski definition) is 0. The van der Waals surface area contributed by atoms with Gasteiger partial charge in [0.15, 0.2) is 0 Å². The van der Waals surface area contributed by atoms with E-state index in [2.05, 4.69) is 27.7 Å². The molecule has 0 aromatic heterocycles. The van der Waals surface area contributed by atoms with E-state index < -0.39 is 23.9 Å². The van der Waals surface area contributed by atoms with Gasteiger partial charge in [0, 0.05) is 23.9 Å². The van der Waals surface area contributed by atoms with Crippen molar-refractivity contribution in [1.29, 1.82) is 0 Å². The molecule has 0 radical (unpaired) electrons. The summed E-state index contributed by atoms with van der Waals surface area (Å²) >= 11 is 0. The van der Waals surface area contributed by atoms with Crippen molar-refractivity contribution in [2.75, 3.05) is 0 Å². The molecular formula is C88H172Ca2O8. The van der Waals surface area contributed by atoms with Crippen molar-refractivity contribution < 1.29 is 39.6 Å². The number of unbranched alkanes of at least 4 members (excludes halogenated alkanes) is 72. The number of rotatable bonds is 80. The molecule has 98 heavy (non-hydrogen) atoms. The van der Waals surface area contributed by atoms with E-state index in [1.54, 1.807) is 0 Å². The topological polar surface area (TPSA) is 161 Å². The molecule has 0 saturated carbocycles. The molecule has 0 heterocycles. The van der Waals surface area contributed by atoms with Crippen molar-refractivity contribution in [3.63, 3.8) is 0 Å². The predicted molar refractivity (Wildman–Crippen MR) is 424 cm³/mol. The number of carbonyl (C=O) groups is 4. The van der Waals surface area contributed by atoms with Crippen molar-refractivity contribution in [2.24, 2.45) is 0 Å². The summed E-state index contributed by atoms with van der Waals surface area (Å²) in [6.07, 6.45) is 103. The van der Waals surface area contributed by atoms with E-state index in [-0.39, 0.29) is 101 Å². The summed E-state index contributed by atoms with van der Waals surface area (Å²) in [7, 11) is 0. The van der Waals surface area contributed by atoms with Gasteiger partial charge in [0.25, 0.3) is 0 Å². The van der Waals surface area contributed by atoms with Crippen LogP contribution in [0.15, 0.2) is 0 Å². The summed E-state index contributed by atoms with van der Waals surface area (Å²) in [6.45, 7) is 9.12. The van der Waals surface area contributed by atoms with Gasteiger partial charge >= 0.3 is 75.5 Å². The van der Waals surface area contributed by atoms with Gasteiger partial charge in [-0.25, -0.2) is 0 Å². The molecule has 0 rings (SSSR count). The first kappa shape index (κ1) is 109. The van der Waals surface area contributed by atoms with Crippen LogP contribution in [0.3, 0.4) is 0 Å². The van der Waals surface area contributed by atoms with E-state index in [0.29, 0.717) is 0 Å². The quantitative estimate of drug-likeness (QED) is 0.0430. The van der Waals surface area contributed by atoms with Crippen molar-refractivity contribution in [3.05, 3.63) is 0 Å². The standard InChI is InChI=1S/4C22H44O2.2Ca/c4*1-2-3-4-5-6-7-8-9-10-11-12-13-14-15-16-17-18-19-20-21-22(23)24;;/h4*2-21H2,1H3,(H,23,24);;/q;;;;2*+2/p-4. The van der Waals surface area contributed by atoms with Crippen LogP contribution in [0.4, 0.5) is 0 Å². The zero-order chi connectivity index (χ0) is 70.9. The maximum Gasteiger partial charge on any atom is 2.00 e. The van der Waals surface area contributed by atoms with Crippen LogP contribution in [0, 0.1) is 0 Å². The van der Waals surface area contributed by atoms with Crippen LogP contribution in [0.1, 0.15) is 541 Å². The Bertz CT molecular complexity index is 1220. The van der Waals surface area contributed by atoms with Gasteiger partial charge < -0.3 is 39.6 Å². The van der Waals surface area contributed by atoms with Crippen molar-refractivity contribution in [2.45, 2.75) is 541 Å². The van der Waals surface area contributed by atoms with Crippen molar-refractivity contribution in [3.8, 4) is 0 Å². The van der Waals surface area contributed by atoms with Crippen LogP contribution >= 0.6 is 0 Å². The van der Waals surface area contributed by atoms with E-state index in [1.165, 1.54) is 437 Å². The molecule has 0 aliphatic rings. The fraction of sp³-hybridized carbons (Fsp3) is 0.955. The minimum Gasteiger partial charge on any atom is -0.550 e. The Balaban J connectivity index is -0.000000286. The van der Waals surface area contributed by atoms with Crippen LogP contribution < -0.4 is 20.4 Å². The molecule has 0 fully saturated rings. The van der Waals surface area contributed by atoms with Crippen LogP contribution in [0.25, 0.3) is 0 Å².